The number of nitrogens with zero attached hydrogens (tertiary/aromatic N) is 1. The lowest BCUT2D eigenvalue weighted by Crippen LogP contribution is -2.12. The Balaban J connectivity index is 2.45. The third-order valence-electron chi connectivity index (χ3n) is 2.96. The Bertz CT molecular complexity index is 706. The van der Waals surface area contributed by atoms with Crippen LogP contribution in [0.2, 0.25) is 5.02 Å². The molecular formula is C16H11BrClNO. The number of carbonyl (C=O) groups excluding carboxylic acids is 1. The summed E-state index contributed by atoms with van der Waals surface area (Å²) in [7, 11) is 0. The van der Waals surface area contributed by atoms with Crippen LogP contribution in [0, 0.1) is 18.3 Å². The fourth-order valence-corrected chi connectivity index (χ4v) is 2.59. The summed E-state index contributed by atoms with van der Waals surface area (Å²) in [6.45, 7) is 1.93. The van der Waals surface area contributed by atoms with Crippen LogP contribution in [0.25, 0.3) is 0 Å². The first-order valence-corrected chi connectivity index (χ1v) is 7.15. The van der Waals surface area contributed by atoms with Gasteiger partial charge in [-0.05, 0) is 30.7 Å². The fraction of sp³-hybridized carbons (Fsp3) is 0.125. The average molecular weight is 349 g/mol. The van der Waals surface area contributed by atoms with Gasteiger partial charge in [0, 0.05) is 15.1 Å². The molecule has 0 radical (unpaired) electrons. The third kappa shape index (κ3) is 3.09. The molecule has 4 heteroatoms. The molecule has 0 fully saturated rings. The maximum Gasteiger partial charge on any atom is 0.185 e. The molecule has 0 aromatic heterocycles. The molecule has 1 atom stereocenters. The molecule has 2 rings (SSSR count). The number of halogens is 2. The summed E-state index contributed by atoms with van der Waals surface area (Å²) in [5, 5.41) is 9.81. The van der Waals surface area contributed by atoms with Gasteiger partial charge >= 0.3 is 0 Å². The Morgan fingerprint density at radius 1 is 1.30 bits per heavy atom. The molecule has 0 aliphatic carbocycles. The lowest BCUT2D eigenvalue weighted by Gasteiger charge is -2.11. The van der Waals surface area contributed by atoms with Crippen LogP contribution in [0.4, 0.5) is 0 Å². The van der Waals surface area contributed by atoms with Gasteiger partial charge in [0.05, 0.1) is 6.07 Å². The summed E-state index contributed by atoms with van der Waals surface area (Å²) < 4.78 is 0.639. The molecule has 100 valence electrons. The summed E-state index contributed by atoms with van der Waals surface area (Å²) in [5.74, 6) is -1.09. The van der Waals surface area contributed by atoms with E-state index in [9.17, 15) is 10.1 Å². The van der Waals surface area contributed by atoms with Crippen molar-refractivity contribution in [1.29, 1.82) is 5.26 Å². The zero-order valence-electron chi connectivity index (χ0n) is 10.7. The Morgan fingerprint density at radius 2 is 2.05 bits per heavy atom. The maximum absolute atomic E-state index is 12.5. The lowest BCUT2D eigenvalue weighted by atomic mass is 9.91. The van der Waals surface area contributed by atoms with E-state index >= 15 is 0 Å². The van der Waals surface area contributed by atoms with Gasteiger partial charge in [-0.25, -0.2) is 0 Å². The van der Waals surface area contributed by atoms with Crippen molar-refractivity contribution in [2.24, 2.45) is 0 Å². The van der Waals surface area contributed by atoms with E-state index in [4.69, 9.17) is 11.6 Å². The fourth-order valence-electron chi connectivity index (χ4n) is 1.98. The average Bonchev–Trinajstić information content (AvgIpc) is 2.42. The quantitative estimate of drug-likeness (QED) is 0.740. The first-order valence-electron chi connectivity index (χ1n) is 5.98. The van der Waals surface area contributed by atoms with E-state index in [1.807, 2.05) is 25.1 Å². The van der Waals surface area contributed by atoms with Crippen molar-refractivity contribution in [3.63, 3.8) is 0 Å². The summed E-state index contributed by atoms with van der Waals surface area (Å²) in [5.41, 5.74) is 2.13. The normalized spacial score (nSPS) is 11.7. The molecule has 0 N–H and O–H groups in total. The molecule has 0 amide bonds. The Labute approximate surface area is 131 Å². The number of Topliss-reactive ketones (excluding diaryl/α,β-unsaturated/α-hetero) is 1. The minimum Gasteiger partial charge on any atom is -0.292 e. The number of rotatable bonds is 3. The SMILES string of the molecule is Cc1cccc(C(C#N)C(=O)c2cc(Cl)ccc2Br)c1. The first-order chi connectivity index (χ1) is 9.52. The lowest BCUT2D eigenvalue weighted by molar-refractivity contribution is 0.0978. The maximum atomic E-state index is 12.5. The van der Waals surface area contributed by atoms with Crippen LogP contribution in [0.5, 0.6) is 0 Å². The van der Waals surface area contributed by atoms with Crippen molar-refractivity contribution in [3.8, 4) is 6.07 Å². The van der Waals surface area contributed by atoms with Gasteiger partial charge in [-0.15, -0.1) is 0 Å². The largest absolute Gasteiger partial charge is 0.292 e. The molecule has 20 heavy (non-hydrogen) atoms. The monoisotopic (exact) mass is 347 g/mol. The topological polar surface area (TPSA) is 40.9 Å². The minimum absolute atomic E-state index is 0.257. The summed E-state index contributed by atoms with van der Waals surface area (Å²) in [4.78, 5) is 12.5. The van der Waals surface area contributed by atoms with Crippen LogP contribution >= 0.6 is 27.5 Å². The zero-order chi connectivity index (χ0) is 14.7. The Morgan fingerprint density at radius 3 is 2.70 bits per heavy atom. The van der Waals surface area contributed by atoms with Crippen LogP contribution in [-0.4, -0.2) is 5.78 Å². The second-order valence-electron chi connectivity index (χ2n) is 4.46. The Hall–Kier alpha value is -1.63. The van der Waals surface area contributed by atoms with E-state index in [1.165, 1.54) is 0 Å². The van der Waals surface area contributed by atoms with Crippen molar-refractivity contribution >= 4 is 33.3 Å². The number of nitriles is 1. The van der Waals surface area contributed by atoms with E-state index in [-0.39, 0.29) is 5.78 Å². The van der Waals surface area contributed by atoms with Crippen molar-refractivity contribution in [1.82, 2.24) is 0 Å². The van der Waals surface area contributed by atoms with Gasteiger partial charge < -0.3 is 0 Å². The molecule has 0 heterocycles. The number of aryl methyl sites for hydroxylation is 1. The van der Waals surface area contributed by atoms with Crippen molar-refractivity contribution in [3.05, 3.63) is 68.7 Å². The zero-order valence-corrected chi connectivity index (χ0v) is 13.1. The van der Waals surface area contributed by atoms with Gasteiger partial charge in [0.15, 0.2) is 5.78 Å². The number of carbonyl (C=O) groups is 1. The molecule has 0 aliphatic rings. The van der Waals surface area contributed by atoms with E-state index in [1.54, 1.807) is 24.3 Å². The highest BCUT2D eigenvalue weighted by atomic mass is 79.9. The van der Waals surface area contributed by atoms with E-state index in [2.05, 4.69) is 22.0 Å². The third-order valence-corrected chi connectivity index (χ3v) is 3.89. The number of ketones is 1. The van der Waals surface area contributed by atoms with Crippen LogP contribution in [0.15, 0.2) is 46.9 Å². The number of hydrogen-bond donors (Lipinski definition) is 0. The number of benzene rings is 2. The second-order valence-corrected chi connectivity index (χ2v) is 5.76. The van der Waals surface area contributed by atoms with Gasteiger partial charge in [-0.3, -0.25) is 4.79 Å². The standard InChI is InChI=1S/C16H11BrClNO/c1-10-3-2-4-11(7-10)14(9-19)16(20)13-8-12(18)5-6-15(13)17/h2-8,14H,1H3. The highest BCUT2D eigenvalue weighted by Gasteiger charge is 2.23. The molecule has 2 nitrogen and oxygen atoms in total. The molecule has 0 saturated heterocycles. The molecule has 0 spiro atoms. The summed E-state index contributed by atoms with van der Waals surface area (Å²) in [6, 6.07) is 14.5. The summed E-state index contributed by atoms with van der Waals surface area (Å²) >= 11 is 9.25. The van der Waals surface area contributed by atoms with Gasteiger partial charge in [-0.1, -0.05) is 57.4 Å². The molecular weight excluding hydrogens is 338 g/mol. The van der Waals surface area contributed by atoms with Crippen molar-refractivity contribution in [2.75, 3.05) is 0 Å². The van der Waals surface area contributed by atoms with Gasteiger partial charge in [0.1, 0.15) is 5.92 Å². The smallest absolute Gasteiger partial charge is 0.185 e. The van der Waals surface area contributed by atoms with E-state index in [0.29, 0.717) is 20.6 Å². The van der Waals surface area contributed by atoms with Crippen molar-refractivity contribution < 1.29 is 4.79 Å². The molecule has 0 bridgehead atoms. The van der Waals surface area contributed by atoms with Gasteiger partial charge in [-0.2, -0.15) is 5.26 Å². The van der Waals surface area contributed by atoms with Crippen LogP contribution in [-0.2, 0) is 0 Å². The minimum atomic E-state index is -0.829. The highest BCUT2D eigenvalue weighted by molar-refractivity contribution is 9.10. The summed E-state index contributed by atoms with van der Waals surface area (Å²) in [6.07, 6.45) is 0. The first kappa shape index (κ1) is 14.8. The van der Waals surface area contributed by atoms with Crippen LogP contribution < -0.4 is 0 Å². The number of hydrogen-bond acceptors (Lipinski definition) is 2. The molecule has 0 aliphatic heterocycles. The Kier molecular flexibility index (Phi) is 4.59. The predicted octanol–water partition coefficient (Wildman–Crippen LogP) is 4.90. The molecule has 1 unspecified atom stereocenters. The van der Waals surface area contributed by atoms with Gasteiger partial charge in [0.2, 0.25) is 0 Å². The molecule has 0 saturated carbocycles. The van der Waals surface area contributed by atoms with Crippen molar-refractivity contribution in [2.45, 2.75) is 12.8 Å². The van der Waals surface area contributed by atoms with Gasteiger partial charge in [0.25, 0.3) is 0 Å². The van der Waals surface area contributed by atoms with E-state index < -0.39 is 5.92 Å². The van der Waals surface area contributed by atoms with Crippen LogP contribution in [0.1, 0.15) is 27.4 Å². The molecule has 2 aromatic carbocycles. The van der Waals surface area contributed by atoms with E-state index in [0.717, 1.165) is 5.56 Å². The molecule has 2 aromatic rings. The van der Waals surface area contributed by atoms with Crippen LogP contribution in [0.3, 0.4) is 0 Å². The second kappa shape index (κ2) is 6.21. The predicted molar refractivity (Wildman–Crippen MR) is 83.0 cm³/mol. The highest BCUT2D eigenvalue weighted by Crippen LogP contribution is 2.28.